The number of nitrogens with one attached hydrogen (secondary N) is 1. The Bertz CT molecular complexity index is 191. The zero-order valence-electron chi connectivity index (χ0n) is 14.3. The van der Waals surface area contributed by atoms with Crippen LogP contribution in [0.25, 0.3) is 0 Å². The van der Waals surface area contributed by atoms with Gasteiger partial charge >= 0.3 is 0 Å². The van der Waals surface area contributed by atoms with Crippen LogP contribution in [0.3, 0.4) is 0 Å². The predicted octanol–water partition coefficient (Wildman–Crippen LogP) is 5.25. The van der Waals surface area contributed by atoms with Gasteiger partial charge in [-0.25, -0.2) is 0 Å². The Labute approximate surface area is 111 Å². The molecular weight excluding hydrogens is 206 g/mol. The molecule has 0 bridgehead atoms. The fraction of sp³-hybridized carbons (Fsp3) is 1.00. The summed E-state index contributed by atoms with van der Waals surface area (Å²) < 4.78 is 0. The number of rotatable bonds is 3. The van der Waals surface area contributed by atoms with Gasteiger partial charge in [-0.2, -0.15) is 0 Å². The van der Waals surface area contributed by atoms with E-state index in [2.05, 4.69) is 67.6 Å². The first-order valence-corrected chi connectivity index (χ1v) is 7.13. The smallest absolute Gasteiger partial charge is 0.0132 e. The molecule has 1 heteroatoms. The average molecular weight is 243 g/mol. The summed E-state index contributed by atoms with van der Waals surface area (Å²) in [5.41, 5.74) is 0.808. The molecule has 0 aliphatic rings. The lowest BCUT2D eigenvalue weighted by atomic mass is 9.75. The van der Waals surface area contributed by atoms with Crippen molar-refractivity contribution in [3.05, 3.63) is 0 Å². The van der Waals surface area contributed by atoms with E-state index >= 15 is 0 Å². The van der Waals surface area contributed by atoms with E-state index in [0.717, 1.165) is 5.92 Å². The molecule has 0 fully saturated rings. The summed E-state index contributed by atoms with van der Waals surface area (Å²) in [4.78, 5) is 0. The average Bonchev–Trinajstić information content (AvgIpc) is 2.00. The summed E-state index contributed by atoms with van der Waals surface area (Å²) >= 11 is 0. The van der Waals surface area contributed by atoms with E-state index < -0.39 is 0 Å². The van der Waals surface area contributed by atoms with Gasteiger partial charge in [0.1, 0.15) is 0 Å². The lowest BCUT2D eigenvalue weighted by molar-refractivity contribution is 0.168. The van der Waals surface area contributed by atoms with E-state index in [9.17, 15) is 0 Å². The van der Waals surface area contributed by atoms with Crippen molar-refractivity contribution >= 4 is 0 Å². The fourth-order valence-electron chi connectivity index (χ4n) is 2.14. The summed E-state index contributed by atoms with van der Waals surface area (Å²) in [6.45, 7) is 24.6. The Kier molecular flexibility index (Phi) is 7.69. The molecule has 0 radical (unpaired) electrons. The molecule has 0 rings (SSSR count). The van der Waals surface area contributed by atoms with Gasteiger partial charge in [0.05, 0.1) is 0 Å². The highest BCUT2D eigenvalue weighted by Crippen LogP contribution is 2.32. The SMILES string of the molecule is CC.CC(CC(C)(C)NC(C)(C)C)C(C)(C)C. The van der Waals surface area contributed by atoms with E-state index in [1.165, 1.54) is 6.42 Å². The van der Waals surface area contributed by atoms with Crippen molar-refractivity contribution in [3.63, 3.8) is 0 Å². The van der Waals surface area contributed by atoms with Gasteiger partial charge in [0.2, 0.25) is 0 Å². The quantitative estimate of drug-likeness (QED) is 0.713. The molecule has 0 heterocycles. The first-order chi connectivity index (χ1) is 7.33. The van der Waals surface area contributed by atoms with Crippen LogP contribution in [0.5, 0.6) is 0 Å². The maximum Gasteiger partial charge on any atom is 0.0132 e. The molecule has 1 nitrogen and oxygen atoms in total. The Morgan fingerprint density at radius 2 is 1.18 bits per heavy atom. The highest BCUT2D eigenvalue weighted by atomic mass is 15.0. The van der Waals surface area contributed by atoms with Crippen LogP contribution in [-0.2, 0) is 0 Å². The van der Waals surface area contributed by atoms with Gasteiger partial charge in [0.15, 0.2) is 0 Å². The van der Waals surface area contributed by atoms with Gasteiger partial charge in [-0.15, -0.1) is 0 Å². The van der Waals surface area contributed by atoms with E-state index in [-0.39, 0.29) is 11.1 Å². The van der Waals surface area contributed by atoms with Gasteiger partial charge in [0, 0.05) is 11.1 Å². The van der Waals surface area contributed by atoms with Crippen molar-refractivity contribution in [3.8, 4) is 0 Å². The summed E-state index contributed by atoms with van der Waals surface area (Å²) in [7, 11) is 0. The molecule has 0 aromatic carbocycles. The van der Waals surface area contributed by atoms with Crippen LogP contribution in [0.15, 0.2) is 0 Å². The van der Waals surface area contributed by atoms with E-state index in [1.807, 2.05) is 13.8 Å². The summed E-state index contributed by atoms with van der Waals surface area (Å²) in [5.74, 6) is 0.724. The molecule has 1 atom stereocenters. The van der Waals surface area contributed by atoms with E-state index in [0.29, 0.717) is 5.41 Å². The molecule has 17 heavy (non-hydrogen) atoms. The van der Waals surface area contributed by atoms with Crippen LogP contribution in [-0.4, -0.2) is 11.1 Å². The summed E-state index contributed by atoms with van der Waals surface area (Å²) in [6.07, 6.45) is 1.22. The molecule has 106 valence electrons. The summed E-state index contributed by atoms with van der Waals surface area (Å²) in [6, 6.07) is 0. The minimum Gasteiger partial charge on any atom is -0.307 e. The third kappa shape index (κ3) is 10.8. The van der Waals surface area contributed by atoms with E-state index in [4.69, 9.17) is 0 Å². The fourth-order valence-corrected chi connectivity index (χ4v) is 2.14. The van der Waals surface area contributed by atoms with Gasteiger partial charge in [0.25, 0.3) is 0 Å². The van der Waals surface area contributed by atoms with Crippen LogP contribution < -0.4 is 5.32 Å². The minimum atomic E-state index is 0.196. The van der Waals surface area contributed by atoms with Gasteiger partial charge in [-0.3, -0.25) is 0 Å². The first-order valence-electron chi connectivity index (χ1n) is 7.13. The van der Waals surface area contributed by atoms with Crippen molar-refractivity contribution in [2.75, 3.05) is 0 Å². The molecule has 0 aliphatic carbocycles. The molecule has 0 saturated heterocycles. The number of hydrogen-bond donors (Lipinski definition) is 1. The molecule has 0 amide bonds. The van der Waals surface area contributed by atoms with Gasteiger partial charge in [-0.05, 0) is 52.4 Å². The number of hydrogen-bond acceptors (Lipinski definition) is 1. The standard InChI is InChI=1S/C14H31N.C2H6/c1-11(12(2,3)4)10-14(8,9)15-13(5,6)7;1-2/h11,15H,10H2,1-9H3;1-2H3. The third-order valence-corrected chi connectivity index (χ3v) is 3.01. The minimum absolute atomic E-state index is 0.196. The summed E-state index contributed by atoms with van der Waals surface area (Å²) in [5, 5.41) is 3.70. The highest BCUT2D eigenvalue weighted by Gasteiger charge is 2.30. The van der Waals surface area contributed by atoms with Crippen molar-refractivity contribution < 1.29 is 0 Å². The molecule has 0 spiro atoms. The second-order valence-electron chi connectivity index (χ2n) is 7.73. The topological polar surface area (TPSA) is 12.0 Å². The Balaban J connectivity index is 0. The second-order valence-corrected chi connectivity index (χ2v) is 7.73. The molecule has 0 saturated carbocycles. The predicted molar refractivity (Wildman–Crippen MR) is 81.6 cm³/mol. The maximum absolute atomic E-state index is 3.70. The molecule has 0 aromatic heterocycles. The molecular formula is C16H37N. The van der Waals surface area contributed by atoms with Crippen LogP contribution in [0.4, 0.5) is 0 Å². The van der Waals surface area contributed by atoms with Gasteiger partial charge < -0.3 is 5.32 Å². The Morgan fingerprint density at radius 3 is 1.41 bits per heavy atom. The van der Waals surface area contributed by atoms with Gasteiger partial charge in [-0.1, -0.05) is 41.5 Å². The zero-order chi connectivity index (χ0) is 14.5. The highest BCUT2D eigenvalue weighted by molar-refractivity contribution is 4.88. The van der Waals surface area contributed by atoms with Crippen molar-refractivity contribution in [2.24, 2.45) is 11.3 Å². The Hall–Kier alpha value is -0.0400. The van der Waals surface area contributed by atoms with Crippen LogP contribution >= 0.6 is 0 Å². The largest absolute Gasteiger partial charge is 0.307 e. The van der Waals surface area contributed by atoms with E-state index in [1.54, 1.807) is 0 Å². The van der Waals surface area contributed by atoms with Crippen molar-refractivity contribution in [1.82, 2.24) is 5.32 Å². The lowest BCUT2D eigenvalue weighted by Gasteiger charge is -2.40. The van der Waals surface area contributed by atoms with Crippen molar-refractivity contribution in [1.29, 1.82) is 0 Å². The second kappa shape index (κ2) is 6.78. The Morgan fingerprint density at radius 1 is 0.824 bits per heavy atom. The molecule has 0 aliphatic heterocycles. The zero-order valence-corrected chi connectivity index (χ0v) is 14.3. The normalized spacial score (nSPS) is 15.0. The molecule has 1 N–H and O–H groups in total. The molecule has 1 unspecified atom stereocenters. The third-order valence-electron chi connectivity index (χ3n) is 3.01. The molecule has 0 aromatic rings. The van der Waals surface area contributed by atoms with Crippen molar-refractivity contribution in [2.45, 2.75) is 93.7 Å². The van der Waals surface area contributed by atoms with Crippen LogP contribution in [0.2, 0.25) is 0 Å². The van der Waals surface area contributed by atoms with Crippen LogP contribution in [0.1, 0.15) is 82.6 Å². The van der Waals surface area contributed by atoms with Crippen LogP contribution in [0, 0.1) is 11.3 Å². The lowest BCUT2D eigenvalue weighted by Crippen LogP contribution is -2.51. The first kappa shape index (κ1) is 19.3. The monoisotopic (exact) mass is 243 g/mol. The maximum atomic E-state index is 3.70.